The SMILES string of the molecule is CCC(Oc1cccc(CNCCCC2(c3ccccc3)OCCO2)c1)C(=O)O. The van der Waals surface area contributed by atoms with Gasteiger partial charge in [-0.3, -0.25) is 0 Å². The third kappa shape index (κ3) is 5.79. The number of rotatable bonds is 11. The molecule has 2 aromatic rings. The van der Waals surface area contributed by atoms with E-state index in [4.69, 9.17) is 19.3 Å². The standard InChI is InChI=1S/C23H29NO5/c1-2-21(22(25)26)29-20-11-6-8-18(16-20)17-24-13-7-12-23(27-14-15-28-23)19-9-4-3-5-10-19/h3-6,8-11,16,21,24H,2,7,12-15,17H2,1H3,(H,25,26). The zero-order valence-corrected chi connectivity index (χ0v) is 16.8. The van der Waals surface area contributed by atoms with Crippen LogP contribution in [0.3, 0.4) is 0 Å². The summed E-state index contributed by atoms with van der Waals surface area (Å²) in [6, 6.07) is 17.6. The van der Waals surface area contributed by atoms with Crippen LogP contribution in [-0.4, -0.2) is 36.9 Å². The molecule has 1 saturated heterocycles. The maximum absolute atomic E-state index is 11.1. The van der Waals surface area contributed by atoms with Crippen molar-refractivity contribution in [1.29, 1.82) is 0 Å². The van der Waals surface area contributed by atoms with Crippen LogP contribution in [0, 0.1) is 0 Å². The van der Waals surface area contributed by atoms with Gasteiger partial charge in [-0.2, -0.15) is 0 Å². The zero-order chi connectivity index (χ0) is 20.5. The second kappa shape index (κ2) is 10.4. The van der Waals surface area contributed by atoms with Crippen molar-refractivity contribution in [2.75, 3.05) is 19.8 Å². The Labute approximate surface area is 171 Å². The van der Waals surface area contributed by atoms with E-state index in [2.05, 4.69) is 5.32 Å². The van der Waals surface area contributed by atoms with Gasteiger partial charge in [0.15, 0.2) is 11.9 Å². The molecule has 156 valence electrons. The Morgan fingerprint density at radius 1 is 1.17 bits per heavy atom. The Kier molecular flexibility index (Phi) is 7.63. The number of hydrogen-bond acceptors (Lipinski definition) is 5. The number of aliphatic carboxylic acids is 1. The summed E-state index contributed by atoms with van der Waals surface area (Å²) >= 11 is 0. The normalized spacial score (nSPS) is 16.4. The Hall–Kier alpha value is -2.41. The second-order valence-electron chi connectivity index (χ2n) is 7.10. The molecule has 0 spiro atoms. The number of benzene rings is 2. The number of carboxylic acids is 1. The van der Waals surface area contributed by atoms with Crippen molar-refractivity contribution < 1.29 is 24.1 Å². The van der Waals surface area contributed by atoms with Crippen LogP contribution in [0.4, 0.5) is 0 Å². The van der Waals surface area contributed by atoms with Crippen molar-refractivity contribution in [3.05, 3.63) is 65.7 Å². The third-order valence-electron chi connectivity index (χ3n) is 4.98. The molecule has 0 radical (unpaired) electrons. The fourth-order valence-electron chi connectivity index (χ4n) is 3.48. The molecule has 2 N–H and O–H groups in total. The molecular weight excluding hydrogens is 370 g/mol. The van der Waals surface area contributed by atoms with Gasteiger partial charge in [0.1, 0.15) is 5.75 Å². The van der Waals surface area contributed by atoms with Gasteiger partial charge in [0, 0.05) is 18.5 Å². The Morgan fingerprint density at radius 2 is 1.93 bits per heavy atom. The van der Waals surface area contributed by atoms with Gasteiger partial charge in [0.05, 0.1) is 13.2 Å². The van der Waals surface area contributed by atoms with Gasteiger partial charge >= 0.3 is 5.97 Å². The first-order valence-electron chi connectivity index (χ1n) is 10.2. The highest BCUT2D eigenvalue weighted by Crippen LogP contribution is 2.35. The quantitative estimate of drug-likeness (QED) is 0.561. The predicted octanol–water partition coefficient (Wildman–Crippen LogP) is 3.70. The highest BCUT2D eigenvalue weighted by Gasteiger charge is 2.37. The molecule has 29 heavy (non-hydrogen) atoms. The van der Waals surface area contributed by atoms with Gasteiger partial charge in [-0.1, -0.05) is 49.4 Å². The maximum Gasteiger partial charge on any atom is 0.344 e. The summed E-state index contributed by atoms with van der Waals surface area (Å²) in [4.78, 5) is 11.1. The molecule has 6 heteroatoms. The summed E-state index contributed by atoms with van der Waals surface area (Å²) in [6.45, 7) is 4.53. The van der Waals surface area contributed by atoms with Gasteiger partial charge in [-0.25, -0.2) is 4.79 Å². The molecule has 6 nitrogen and oxygen atoms in total. The summed E-state index contributed by atoms with van der Waals surface area (Å²) in [6.07, 6.45) is 1.29. The van der Waals surface area contributed by atoms with E-state index in [1.54, 1.807) is 13.0 Å². The van der Waals surface area contributed by atoms with Gasteiger partial charge in [-0.05, 0) is 37.1 Å². The van der Waals surface area contributed by atoms with E-state index >= 15 is 0 Å². The molecule has 1 unspecified atom stereocenters. The van der Waals surface area contributed by atoms with Crippen LogP contribution in [0.25, 0.3) is 0 Å². The molecule has 1 atom stereocenters. The number of carboxylic acid groups (broad SMARTS) is 1. The highest BCUT2D eigenvalue weighted by molar-refractivity contribution is 5.72. The minimum Gasteiger partial charge on any atom is -0.479 e. The van der Waals surface area contributed by atoms with E-state index in [1.165, 1.54) is 0 Å². The molecule has 0 aromatic heterocycles. The molecule has 0 saturated carbocycles. The molecular formula is C23H29NO5. The fraction of sp³-hybridized carbons (Fsp3) is 0.435. The summed E-state index contributed by atoms with van der Waals surface area (Å²) in [5, 5.41) is 12.6. The van der Waals surface area contributed by atoms with Gasteiger partial charge < -0.3 is 24.6 Å². The van der Waals surface area contributed by atoms with Crippen LogP contribution < -0.4 is 10.1 Å². The van der Waals surface area contributed by atoms with E-state index in [0.717, 1.165) is 30.5 Å². The van der Waals surface area contributed by atoms with Crippen molar-refractivity contribution >= 4 is 5.97 Å². The lowest BCUT2D eigenvalue weighted by Gasteiger charge is -2.28. The number of ether oxygens (including phenoxy) is 3. The van der Waals surface area contributed by atoms with Gasteiger partial charge in [0.25, 0.3) is 0 Å². The van der Waals surface area contributed by atoms with Crippen LogP contribution >= 0.6 is 0 Å². The molecule has 0 amide bonds. The minimum absolute atomic E-state index is 0.422. The van der Waals surface area contributed by atoms with Gasteiger partial charge in [0.2, 0.25) is 0 Å². The molecule has 1 aliphatic heterocycles. The third-order valence-corrected chi connectivity index (χ3v) is 4.98. The lowest BCUT2D eigenvalue weighted by atomic mass is 10.0. The molecule has 0 aliphatic carbocycles. The smallest absolute Gasteiger partial charge is 0.344 e. The average molecular weight is 399 g/mol. The molecule has 1 aliphatic rings. The Balaban J connectivity index is 1.47. The number of hydrogen-bond donors (Lipinski definition) is 2. The number of carbonyl (C=O) groups is 1. The maximum atomic E-state index is 11.1. The van der Waals surface area contributed by atoms with E-state index in [-0.39, 0.29) is 0 Å². The van der Waals surface area contributed by atoms with Crippen molar-refractivity contribution in [2.45, 2.75) is 44.6 Å². The fourth-order valence-corrected chi connectivity index (χ4v) is 3.48. The predicted molar refractivity (Wildman–Crippen MR) is 110 cm³/mol. The zero-order valence-electron chi connectivity index (χ0n) is 16.8. The van der Waals surface area contributed by atoms with Crippen molar-refractivity contribution in [2.24, 2.45) is 0 Å². The lowest BCUT2D eigenvalue weighted by molar-refractivity contribution is -0.171. The van der Waals surface area contributed by atoms with Crippen LogP contribution in [-0.2, 0) is 26.6 Å². The monoisotopic (exact) mass is 399 g/mol. The summed E-state index contributed by atoms with van der Waals surface area (Å²) in [7, 11) is 0. The largest absolute Gasteiger partial charge is 0.479 e. The second-order valence-corrected chi connectivity index (χ2v) is 7.10. The first kappa shape index (κ1) is 21.3. The van der Waals surface area contributed by atoms with Crippen LogP contribution in [0.2, 0.25) is 0 Å². The topological polar surface area (TPSA) is 77.0 Å². The average Bonchev–Trinajstić information content (AvgIpc) is 3.22. The van der Waals surface area contributed by atoms with Crippen molar-refractivity contribution in [3.8, 4) is 5.75 Å². The van der Waals surface area contributed by atoms with E-state index < -0.39 is 17.9 Å². The molecule has 3 rings (SSSR count). The highest BCUT2D eigenvalue weighted by atomic mass is 16.7. The summed E-state index contributed by atoms with van der Waals surface area (Å²) in [5.41, 5.74) is 2.11. The van der Waals surface area contributed by atoms with Crippen molar-refractivity contribution in [1.82, 2.24) is 5.32 Å². The molecule has 1 heterocycles. The van der Waals surface area contributed by atoms with Crippen molar-refractivity contribution in [3.63, 3.8) is 0 Å². The van der Waals surface area contributed by atoms with Crippen LogP contribution in [0.5, 0.6) is 5.75 Å². The molecule has 0 bridgehead atoms. The first-order valence-corrected chi connectivity index (χ1v) is 10.2. The molecule has 2 aromatic carbocycles. The van der Waals surface area contributed by atoms with Crippen LogP contribution in [0.15, 0.2) is 54.6 Å². The lowest BCUT2D eigenvalue weighted by Crippen LogP contribution is -2.28. The first-order chi connectivity index (χ1) is 14.1. The van der Waals surface area contributed by atoms with Gasteiger partial charge in [-0.15, -0.1) is 0 Å². The Bertz CT molecular complexity index is 774. The summed E-state index contributed by atoms with van der Waals surface area (Å²) in [5.74, 6) is -1.00. The van der Waals surface area contributed by atoms with E-state index in [1.807, 2.05) is 48.5 Å². The van der Waals surface area contributed by atoms with E-state index in [0.29, 0.717) is 31.9 Å². The Morgan fingerprint density at radius 3 is 2.62 bits per heavy atom. The summed E-state index contributed by atoms with van der Waals surface area (Å²) < 4.78 is 17.5. The van der Waals surface area contributed by atoms with E-state index in [9.17, 15) is 4.79 Å². The molecule has 1 fully saturated rings. The number of nitrogens with one attached hydrogen (secondary N) is 1. The van der Waals surface area contributed by atoms with Crippen LogP contribution in [0.1, 0.15) is 37.3 Å². The minimum atomic E-state index is -0.945.